The van der Waals surface area contributed by atoms with E-state index in [-0.39, 0.29) is 5.82 Å². The molecular weight excluding hydrogens is 255 g/mol. The van der Waals surface area contributed by atoms with Gasteiger partial charge in [0.2, 0.25) is 0 Å². The van der Waals surface area contributed by atoms with E-state index in [0.717, 1.165) is 31.7 Å². The SMILES string of the molecule is COc1c(F)cccc1[C@@H](C1CCC1)N1CCNCC1. The Hall–Kier alpha value is -1.13. The van der Waals surface area contributed by atoms with Gasteiger partial charge < -0.3 is 10.1 Å². The summed E-state index contributed by atoms with van der Waals surface area (Å²) in [5.41, 5.74) is 1.03. The van der Waals surface area contributed by atoms with Gasteiger partial charge in [-0.1, -0.05) is 18.6 Å². The molecule has 1 N–H and O–H groups in total. The Balaban J connectivity index is 1.94. The summed E-state index contributed by atoms with van der Waals surface area (Å²) in [6.45, 7) is 4.09. The third-order valence-corrected chi connectivity index (χ3v) is 4.66. The predicted molar refractivity (Wildman–Crippen MR) is 77.5 cm³/mol. The number of hydrogen-bond acceptors (Lipinski definition) is 3. The van der Waals surface area contributed by atoms with Crippen LogP contribution in [0.3, 0.4) is 0 Å². The maximum absolute atomic E-state index is 14.0. The Kier molecular flexibility index (Phi) is 4.22. The van der Waals surface area contributed by atoms with Gasteiger partial charge in [-0.2, -0.15) is 0 Å². The van der Waals surface area contributed by atoms with E-state index in [2.05, 4.69) is 10.2 Å². The maximum Gasteiger partial charge on any atom is 0.165 e. The van der Waals surface area contributed by atoms with Gasteiger partial charge in [0.25, 0.3) is 0 Å². The lowest BCUT2D eigenvalue weighted by molar-refractivity contribution is 0.0814. The molecule has 1 aliphatic heterocycles. The molecule has 3 rings (SSSR count). The van der Waals surface area contributed by atoms with Crippen LogP contribution in [0.25, 0.3) is 0 Å². The van der Waals surface area contributed by atoms with E-state index in [4.69, 9.17) is 4.74 Å². The van der Waals surface area contributed by atoms with Crippen molar-refractivity contribution in [3.63, 3.8) is 0 Å². The van der Waals surface area contributed by atoms with Gasteiger partial charge in [-0.25, -0.2) is 4.39 Å². The highest BCUT2D eigenvalue weighted by Crippen LogP contribution is 2.44. The van der Waals surface area contributed by atoms with Crippen molar-refractivity contribution < 1.29 is 9.13 Å². The minimum atomic E-state index is -0.246. The molecule has 110 valence electrons. The van der Waals surface area contributed by atoms with Crippen LogP contribution in [0.4, 0.5) is 4.39 Å². The average molecular weight is 278 g/mol. The Morgan fingerprint density at radius 1 is 1.30 bits per heavy atom. The zero-order valence-corrected chi connectivity index (χ0v) is 12.1. The van der Waals surface area contributed by atoms with E-state index in [1.165, 1.54) is 25.3 Å². The van der Waals surface area contributed by atoms with E-state index < -0.39 is 0 Å². The van der Waals surface area contributed by atoms with Gasteiger partial charge >= 0.3 is 0 Å². The van der Waals surface area contributed by atoms with Crippen molar-refractivity contribution in [1.82, 2.24) is 10.2 Å². The number of para-hydroxylation sites is 1. The molecule has 0 bridgehead atoms. The largest absolute Gasteiger partial charge is 0.493 e. The van der Waals surface area contributed by atoms with Crippen LogP contribution in [-0.4, -0.2) is 38.2 Å². The molecular formula is C16H23FN2O. The van der Waals surface area contributed by atoms with E-state index >= 15 is 0 Å². The highest BCUT2D eigenvalue weighted by molar-refractivity contribution is 5.38. The zero-order valence-electron chi connectivity index (χ0n) is 12.1. The number of piperazine rings is 1. The lowest BCUT2D eigenvalue weighted by atomic mass is 9.76. The molecule has 2 aliphatic rings. The zero-order chi connectivity index (χ0) is 13.9. The molecule has 20 heavy (non-hydrogen) atoms. The minimum Gasteiger partial charge on any atom is -0.493 e. The standard InChI is InChI=1S/C16H23FN2O/c1-20-16-13(6-3-7-14(16)17)15(12-4-2-5-12)19-10-8-18-9-11-19/h3,6-7,12,15,18H,2,4-5,8-11H2,1H3/t15-/m1/s1. The summed E-state index contributed by atoms with van der Waals surface area (Å²) in [4.78, 5) is 2.50. The van der Waals surface area contributed by atoms with Gasteiger partial charge in [0.05, 0.1) is 7.11 Å². The van der Waals surface area contributed by atoms with Crippen molar-refractivity contribution in [2.24, 2.45) is 5.92 Å². The van der Waals surface area contributed by atoms with Crippen LogP contribution in [0, 0.1) is 11.7 Å². The van der Waals surface area contributed by atoms with Crippen LogP contribution in [-0.2, 0) is 0 Å². The maximum atomic E-state index is 14.0. The normalized spacial score (nSPS) is 22.3. The third kappa shape index (κ3) is 2.54. The first-order chi connectivity index (χ1) is 9.81. The highest BCUT2D eigenvalue weighted by Gasteiger charge is 2.35. The molecule has 1 heterocycles. The first-order valence-electron chi connectivity index (χ1n) is 7.58. The van der Waals surface area contributed by atoms with E-state index in [1.54, 1.807) is 13.2 Å². The first-order valence-corrected chi connectivity index (χ1v) is 7.58. The highest BCUT2D eigenvalue weighted by atomic mass is 19.1. The van der Waals surface area contributed by atoms with Crippen molar-refractivity contribution in [2.45, 2.75) is 25.3 Å². The molecule has 0 spiro atoms. The monoisotopic (exact) mass is 278 g/mol. The Morgan fingerprint density at radius 2 is 2.05 bits per heavy atom. The molecule has 0 radical (unpaired) electrons. The number of methoxy groups -OCH3 is 1. The molecule has 2 fully saturated rings. The van der Waals surface area contributed by atoms with Gasteiger partial charge in [0.1, 0.15) is 0 Å². The average Bonchev–Trinajstić information content (AvgIpc) is 2.43. The van der Waals surface area contributed by atoms with E-state index in [0.29, 0.717) is 17.7 Å². The summed E-state index contributed by atoms with van der Waals surface area (Å²) in [5, 5.41) is 3.39. The molecule has 0 aromatic heterocycles. The number of rotatable bonds is 4. The molecule has 0 unspecified atom stereocenters. The fraction of sp³-hybridized carbons (Fsp3) is 0.625. The Bertz CT molecular complexity index is 456. The second-order valence-corrected chi connectivity index (χ2v) is 5.78. The molecule has 0 amide bonds. The van der Waals surface area contributed by atoms with Crippen LogP contribution in [0.15, 0.2) is 18.2 Å². The molecule has 1 saturated heterocycles. The van der Waals surface area contributed by atoms with Gasteiger partial charge in [-0.3, -0.25) is 4.90 Å². The molecule has 1 aromatic rings. The molecule has 1 atom stereocenters. The number of nitrogens with zero attached hydrogens (tertiary/aromatic N) is 1. The summed E-state index contributed by atoms with van der Waals surface area (Å²) in [7, 11) is 1.57. The van der Waals surface area contributed by atoms with Crippen LogP contribution in [0.1, 0.15) is 30.9 Å². The Morgan fingerprint density at radius 3 is 2.65 bits per heavy atom. The second-order valence-electron chi connectivity index (χ2n) is 5.78. The fourth-order valence-corrected chi connectivity index (χ4v) is 3.44. The van der Waals surface area contributed by atoms with Crippen molar-refractivity contribution in [3.8, 4) is 5.75 Å². The predicted octanol–water partition coefficient (Wildman–Crippen LogP) is 2.58. The lowest BCUT2D eigenvalue weighted by Crippen LogP contribution is -2.48. The van der Waals surface area contributed by atoms with Crippen molar-refractivity contribution in [3.05, 3.63) is 29.6 Å². The fourth-order valence-electron chi connectivity index (χ4n) is 3.44. The van der Waals surface area contributed by atoms with Gasteiger partial charge in [-0.05, 0) is 24.8 Å². The number of nitrogens with one attached hydrogen (secondary N) is 1. The number of halogens is 1. The summed E-state index contributed by atoms with van der Waals surface area (Å²) in [6.07, 6.45) is 3.79. The topological polar surface area (TPSA) is 24.5 Å². The number of ether oxygens (including phenoxy) is 1. The summed E-state index contributed by atoms with van der Waals surface area (Å²) in [5.74, 6) is 0.830. The van der Waals surface area contributed by atoms with E-state index in [1.807, 2.05) is 6.07 Å². The smallest absolute Gasteiger partial charge is 0.165 e. The summed E-state index contributed by atoms with van der Waals surface area (Å²) < 4.78 is 19.4. The van der Waals surface area contributed by atoms with Crippen molar-refractivity contribution >= 4 is 0 Å². The lowest BCUT2D eigenvalue weighted by Gasteiger charge is -2.43. The van der Waals surface area contributed by atoms with Gasteiger partial charge in [0, 0.05) is 37.8 Å². The van der Waals surface area contributed by atoms with E-state index in [9.17, 15) is 4.39 Å². The Labute approximate surface area is 120 Å². The van der Waals surface area contributed by atoms with Crippen molar-refractivity contribution in [2.75, 3.05) is 33.3 Å². The number of hydrogen-bond donors (Lipinski definition) is 1. The molecule has 1 saturated carbocycles. The van der Waals surface area contributed by atoms with Crippen LogP contribution in [0.5, 0.6) is 5.75 Å². The summed E-state index contributed by atoms with van der Waals surface area (Å²) in [6, 6.07) is 5.63. The molecule has 3 nitrogen and oxygen atoms in total. The van der Waals surface area contributed by atoms with Crippen LogP contribution >= 0.6 is 0 Å². The number of benzene rings is 1. The molecule has 1 aromatic carbocycles. The van der Waals surface area contributed by atoms with Gasteiger partial charge in [0.15, 0.2) is 11.6 Å². The third-order valence-electron chi connectivity index (χ3n) is 4.66. The molecule has 1 aliphatic carbocycles. The summed E-state index contributed by atoms with van der Waals surface area (Å²) >= 11 is 0. The van der Waals surface area contributed by atoms with Gasteiger partial charge in [-0.15, -0.1) is 0 Å². The second kappa shape index (κ2) is 6.10. The quantitative estimate of drug-likeness (QED) is 0.916. The van der Waals surface area contributed by atoms with Crippen LogP contribution < -0.4 is 10.1 Å². The van der Waals surface area contributed by atoms with Crippen LogP contribution in [0.2, 0.25) is 0 Å². The minimum absolute atomic E-state index is 0.246. The first kappa shape index (κ1) is 13.8. The molecule has 4 heteroatoms. The van der Waals surface area contributed by atoms with Crippen molar-refractivity contribution in [1.29, 1.82) is 0 Å².